The molecule has 5 nitrogen and oxygen atoms in total. The fraction of sp³-hybridized carbons (Fsp3) is 0.125. The lowest BCUT2D eigenvalue weighted by Gasteiger charge is -2.18. The van der Waals surface area contributed by atoms with E-state index in [1.165, 1.54) is 0 Å². The smallest absolute Gasteiger partial charge is 0.256 e. The molecule has 0 radical (unpaired) electrons. The number of furan rings is 1. The van der Waals surface area contributed by atoms with E-state index in [2.05, 4.69) is 21.0 Å². The van der Waals surface area contributed by atoms with E-state index in [9.17, 15) is 4.79 Å². The summed E-state index contributed by atoms with van der Waals surface area (Å²) in [5.74, 6) is 0.637. The van der Waals surface area contributed by atoms with Gasteiger partial charge in [-0.25, -0.2) is 4.68 Å². The highest BCUT2D eigenvalue weighted by molar-refractivity contribution is 9.10. The van der Waals surface area contributed by atoms with Crippen LogP contribution in [0.4, 0.5) is 0 Å². The average molecular weight is 360 g/mol. The van der Waals surface area contributed by atoms with E-state index >= 15 is 0 Å². The molecule has 0 bridgehead atoms. The lowest BCUT2D eigenvalue weighted by atomic mass is 10.1. The zero-order chi connectivity index (χ0) is 15.5. The van der Waals surface area contributed by atoms with Crippen molar-refractivity contribution in [1.82, 2.24) is 14.7 Å². The number of carbonyl (C=O) groups is 1. The van der Waals surface area contributed by atoms with Gasteiger partial charge in [-0.05, 0) is 46.3 Å². The molecule has 3 aromatic rings. The average Bonchev–Trinajstić information content (AvgIpc) is 3.18. The number of carbonyl (C=O) groups excluding carboxylic acids is 1. The molecule has 3 rings (SSSR count). The van der Waals surface area contributed by atoms with Gasteiger partial charge in [0.15, 0.2) is 4.67 Å². The molecule has 2 heterocycles. The Morgan fingerprint density at radius 3 is 2.77 bits per heavy atom. The highest BCUT2D eigenvalue weighted by Crippen LogP contribution is 2.19. The number of hydrogen-bond donors (Lipinski definition) is 0. The number of rotatable bonds is 4. The molecule has 1 amide bonds. The molecule has 0 fully saturated rings. The van der Waals surface area contributed by atoms with Crippen LogP contribution in [0.15, 0.2) is 63.9 Å². The van der Waals surface area contributed by atoms with Crippen LogP contribution in [-0.2, 0) is 6.54 Å². The fourth-order valence-corrected chi connectivity index (χ4v) is 2.55. The van der Waals surface area contributed by atoms with Crippen LogP contribution in [0.1, 0.15) is 16.1 Å². The van der Waals surface area contributed by atoms with Gasteiger partial charge in [-0.1, -0.05) is 12.1 Å². The fourth-order valence-electron chi connectivity index (χ4n) is 2.21. The van der Waals surface area contributed by atoms with Crippen molar-refractivity contribution >= 4 is 21.8 Å². The van der Waals surface area contributed by atoms with Gasteiger partial charge in [-0.2, -0.15) is 5.10 Å². The van der Waals surface area contributed by atoms with E-state index in [-0.39, 0.29) is 5.91 Å². The van der Waals surface area contributed by atoms with E-state index < -0.39 is 0 Å². The summed E-state index contributed by atoms with van der Waals surface area (Å²) in [5, 5.41) is 4.20. The molecule has 22 heavy (non-hydrogen) atoms. The van der Waals surface area contributed by atoms with Crippen LogP contribution in [0.5, 0.6) is 0 Å². The minimum Gasteiger partial charge on any atom is -0.452 e. The quantitative estimate of drug-likeness (QED) is 0.716. The number of aromatic nitrogens is 2. The van der Waals surface area contributed by atoms with Gasteiger partial charge < -0.3 is 9.32 Å². The zero-order valence-electron chi connectivity index (χ0n) is 11.9. The van der Waals surface area contributed by atoms with E-state index in [1.807, 2.05) is 42.6 Å². The lowest BCUT2D eigenvalue weighted by molar-refractivity contribution is 0.0775. The number of hydrogen-bond acceptors (Lipinski definition) is 3. The van der Waals surface area contributed by atoms with Gasteiger partial charge in [0.2, 0.25) is 0 Å². The molecule has 0 saturated carbocycles. The van der Waals surface area contributed by atoms with Crippen molar-refractivity contribution in [3.8, 4) is 5.69 Å². The maximum Gasteiger partial charge on any atom is 0.256 e. The molecule has 0 unspecified atom stereocenters. The van der Waals surface area contributed by atoms with Crippen LogP contribution in [0, 0.1) is 0 Å². The molecule has 0 aliphatic heterocycles. The molecule has 0 aliphatic carbocycles. The number of para-hydroxylation sites is 1. The first-order chi connectivity index (χ1) is 10.6. The summed E-state index contributed by atoms with van der Waals surface area (Å²) in [6, 6.07) is 12.9. The summed E-state index contributed by atoms with van der Waals surface area (Å²) >= 11 is 3.26. The summed E-state index contributed by atoms with van der Waals surface area (Å²) in [5.41, 5.74) is 1.35. The summed E-state index contributed by atoms with van der Waals surface area (Å²) in [4.78, 5) is 14.3. The molecule has 0 saturated heterocycles. The predicted molar refractivity (Wildman–Crippen MR) is 85.8 cm³/mol. The highest BCUT2D eigenvalue weighted by Gasteiger charge is 2.17. The number of benzene rings is 1. The Morgan fingerprint density at radius 1 is 1.27 bits per heavy atom. The van der Waals surface area contributed by atoms with E-state index in [0.717, 1.165) is 11.4 Å². The van der Waals surface area contributed by atoms with Gasteiger partial charge in [0, 0.05) is 19.4 Å². The molecule has 0 atom stereocenters. The minimum absolute atomic E-state index is 0.0846. The Labute approximate surface area is 136 Å². The minimum atomic E-state index is -0.0846. The normalized spacial score (nSPS) is 10.6. The van der Waals surface area contributed by atoms with Crippen molar-refractivity contribution in [2.75, 3.05) is 7.05 Å². The van der Waals surface area contributed by atoms with Crippen LogP contribution < -0.4 is 0 Å². The van der Waals surface area contributed by atoms with Crippen LogP contribution in [0.3, 0.4) is 0 Å². The Hall–Kier alpha value is -2.34. The molecule has 2 aromatic heterocycles. The highest BCUT2D eigenvalue weighted by atomic mass is 79.9. The molecule has 6 heteroatoms. The Bertz CT molecular complexity index is 780. The van der Waals surface area contributed by atoms with Crippen LogP contribution >= 0.6 is 15.9 Å². The van der Waals surface area contributed by atoms with Crippen molar-refractivity contribution in [2.24, 2.45) is 0 Å². The molecule has 0 N–H and O–H groups in total. The summed E-state index contributed by atoms with van der Waals surface area (Å²) in [6.07, 6.45) is 3.50. The summed E-state index contributed by atoms with van der Waals surface area (Å²) in [6.45, 7) is 0.401. The van der Waals surface area contributed by atoms with Crippen molar-refractivity contribution < 1.29 is 9.21 Å². The largest absolute Gasteiger partial charge is 0.452 e. The first-order valence-corrected chi connectivity index (χ1v) is 7.53. The zero-order valence-corrected chi connectivity index (χ0v) is 13.5. The molecular formula is C16H14BrN3O2. The van der Waals surface area contributed by atoms with E-state index in [1.54, 1.807) is 28.9 Å². The SMILES string of the molecule is CN(Cc1ccc(Br)o1)C(=O)c1ccccc1-n1cccn1. The number of halogens is 1. The second-order valence-electron chi connectivity index (χ2n) is 4.83. The standard InChI is InChI=1S/C16H14BrN3O2/c1-19(11-12-7-8-15(17)22-12)16(21)13-5-2-3-6-14(13)20-10-4-9-18-20/h2-10H,11H2,1H3. The van der Waals surface area contributed by atoms with Crippen molar-refractivity contribution in [3.63, 3.8) is 0 Å². The van der Waals surface area contributed by atoms with E-state index in [0.29, 0.717) is 16.8 Å². The molecular weight excluding hydrogens is 346 g/mol. The van der Waals surface area contributed by atoms with E-state index in [4.69, 9.17) is 4.42 Å². The van der Waals surface area contributed by atoms with Gasteiger partial charge in [0.05, 0.1) is 17.8 Å². The monoisotopic (exact) mass is 359 g/mol. The third kappa shape index (κ3) is 2.96. The summed E-state index contributed by atoms with van der Waals surface area (Å²) in [7, 11) is 1.75. The lowest BCUT2D eigenvalue weighted by Crippen LogP contribution is -2.27. The molecule has 0 aliphatic rings. The van der Waals surface area contributed by atoms with Gasteiger partial charge >= 0.3 is 0 Å². The van der Waals surface area contributed by atoms with Gasteiger partial charge in [-0.3, -0.25) is 4.79 Å². The summed E-state index contributed by atoms with van der Waals surface area (Å²) < 4.78 is 7.79. The first kappa shape index (κ1) is 14.6. The second-order valence-corrected chi connectivity index (χ2v) is 5.62. The van der Waals surface area contributed by atoms with Crippen LogP contribution in [0.2, 0.25) is 0 Å². The molecule has 112 valence electrons. The number of amides is 1. The maximum absolute atomic E-state index is 12.7. The van der Waals surface area contributed by atoms with Crippen LogP contribution in [-0.4, -0.2) is 27.6 Å². The number of nitrogens with zero attached hydrogens (tertiary/aromatic N) is 3. The van der Waals surface area contributed by atoms with Gasteiger partial charge in [0.25, 0.3) is 5.91 Å². The third-order valence-corrected chi connectivity index (χ3v) is 3.68. The van der Waals surface area contributed by atoms with Gasteiger partial charge in [-0.15, -0.1) is 0 Å². The molecule has 0 spiro atoms. The van der Waals surface area contributed by atoms with Crippen molar-refractivity contribution in [3.05, 3.63) is 70.9 Å². The Kier molecular flexibility index (Phi) is 4.11. The Morgan fingerprint density at radius 2 is 2.09 bits per heavy atom. The predicted octanol–water partition coefficient (Wildman–Crippen LogP) is 3.50. The third-order valence-electron chi connectivity index (χ3n) is 3.25. The van der Waals surface area contributed by atoms with Crippen LogP contribution in [0.25, 0.3) is 5.69 Å². The van der Waals surface area contributed by atoms with Crippen molar-refractivity contribution in [2.45, 2.75) is 6.54 Å². The Balaban J connectivity index is 1.86. The topological polar surface area (TPSA) is 51.3 Å². The second kappa shape index (κ2) is 6.19. The molecule has 1 aromatic carbocycles. The van der Waals surface area contributed by atoms with Gasteiger partial charge in [0.1, 0.15) is 5.76 Å². The van der Waals surface area contributed by atoms with Crippen molar-refractivity contribution in [1.29, 1.82) is 0 Å². The first-order valence-electron chi connectivity index (χ1n) is 6.74. The maximum atomic E-state index is 12.7.